The van der Waals surface area contributed by atoms with Crippen LogP contribution >= 0.6 is 0 Å². The Bertz CT molecular complexity index is 1090. The fourth-order valence-electron chi connectivity index (χ4n) is 3.64. The molecule has 0 spiro atoms. The first-order valence-corrected chi connectivity index (χ1v) is 11.3. The molecular formula is C21H24N4O4S. The minimum absolute atomic E-state index is 0.0390. The van der Waals surface area contributed by atoms with Crippen molar-refractivity contribution in [3.8, 4) is 11.5 Å². The number of piperidine rings is 1. The van der Waals surface area contributed by atoms with Gasteiger partial charge in [0.1, 0.15) is 5.69 Å². The van der Waals surface area contributed by atoms with E-state index in [1.165, 1.54) is 10.4 Å². The molecule has 1 aromatic carbocycles. The Morgan fingerprint density at radius 3 is 2.57 bits per heavy atom. The molecule has 3 aromatic rings. The smallest absolute Gasteiger partial charge is 0.276 e. The molecular weight excluding hydrogens is 404 g/mol. The molecule has 30 heavy (non-hydrogen) atoms. The molecule has 2 aromatic heterocycles. The van der Waals surface area contributed by atoms with Crippen molar-refractivity contribution in [2.24, 2.45) is 5.92 Å². The van der Waals surface area contributed by atoms with Gasteiger partial charge in [0, 0.05) is 25.2 Å². The molecule has 1 saturated heterocycles. The highest BCUT2D eigenvalue weighted by atomic mass is 32.2. The molecule has 0 bridgehead atoms. The van der Waals surface area contributed by atoms with Gasteiger partial charge in [-0.2, -0.15) is 9.40 Å². The van der Waals surface area contributed by atoms with Crippen LogP contribution in [0.2, 0.25) is 0 Å². The summed E-state index contributed by atoms with van der Waals surface area (Å²) in [6.07, 6.45) is 2.52. The standard InChI is InChI=1S/C21H24N4O4S/c1-15(16-5-3-2-4-6-16)23-21(26)17-10-13-25(14-11-17)30(27,28)20-8-7-19(29-20)18-9-12-22-24-18/h2-9,12,15,17H,10-11,13-14H2,1H3,(H,22,24)(H,23,26)/t15-/m0/s1. The van der Waals surface area contributed by atoms with E-state index in [-0.39, 0.29) is 36.0 Å². The van der Waals surface area contributed by atoms with Gasteiger partial charge >= 0.3 is 0 Å². The highest BCUT2D eigenvalue weighted by molar-refractivity contribution is 7.89. The summed E-state index contributed by atoms with van der Waals surface area (Å²) in [4.78, 5) is 12.6. The summed E-state index contributed by atoms with van der Waals surface area (Å²) in [5.74, 6) is 0.165. The molecule has 0 radical (unpaired) electrons. The van der Waals surface area contributed by atoms with E-state index in [1.54, 1.807) is 18.3 Å². The average molecular weight is 429 g/mol. The van der Waals surface area contributed by atoms with E-state index in [4.69, 9.17) is 4.42 Å². The number of sulfonamides is 1. The summed E-state index contributed by atoms with van der Waals surface area (Å²) >= 11 is 0. The molecule has 1 aliphatic heterocycles. The first kappa shape index (κ1) is 20.4. The lowest BCUT2D eigenvalue weighted by atomic mass is 9.96. The van der Waals surface area contributed by atoms with Crippen LogP contribution < -0.4 is 5.32 Å². The van der Waals surface area contributed by atoms with Gasteiger partial charge in [-0.3, -0.25) is 9.89 Å². The third-order valence-corrected chi connectivity index (χ3v) is 7.20. The first-order chi connectivity index (χ1) is 14.4. The van der Waals surface area contributed by atoms with Crippen molar-refractivity contribution in [2.75, 3.05) is 13.1 Å². The van der Waals surface area contributed by atoms with E-state index < -0.39 is 10.0 Å². The highest BCUT2D eigenvalue weighted by Gasteiger charge is 2.34. The van der Waals surface area contributed by atoms with Crippen LogP contribution in [0, 0.1) is 5.92 Å². The van der Waals surface area contributed by atoms with Gasteiger partial charge in [-0.15, -0.1) is 0 Å². The zero-order chi connectivity index (χ0) is 21.1. The number of H-pyrrole nitrogens is 1. The normalized spacial score (nSPS) is 17.0. The maximum atomic E-state index is 12.9. The Balaban J connectivity index is 1.36. The highest BCUT2D eigenvalue weighted by Crippen LogP contribution is 2.28. The van der Waals surface area contributed by atoms with Gasteiger partial charge in [0.25, 0.3) is 10.0 Å². The fraction of sp³-hybridized carbons (Fsp3) is 0.333. The van der Waals surface area contributed by atoms with E-state index in [0.717, 1.165) is 5.56 Å². The topological polar surface area (TPSA) is 108 Å². The fourth-order valence-corrected chi connectivity index (χ4v) is 5.02. The maximum absolute atomic E-state index is 12.9. The monoisotopic (exact) mass is 428 g/mol. The van der Waals surface area contributed by atoms with Crippen LogP contribution in [-0.4, -0.2) is 41.9 Å². The van der Waals surface area contributed by atoms with Crippen LogP contribution in [0.1, 0.15) is 31.4 Å². The molecule has 1 amide bonds. The minimum atomic E-state index is -3.75. The van der Waals surface area contributed by atoms with Crippen molar-refractivity contribution in [2.45, 2.75) is 30.9 Å². The summed E-state index contributed by atoms with van der Waals surface area (Å²) in [5, 5.41) is 9.52. The Hall–Kier alpha value is -2.91. The quantitative estimate of drug-likeness (QED) is 0.628. The Morgan fingerprint density at radius 2 is 1.90 bits per heavy atom. The molecule has 1 aliphatic rings. The number of hydrogen-bond acceptors (Lipinski definition) is 5. The molecule has 0 unspecified atom stereocenters. The summed E-state index contributed by atoms with van der Waals surface area (Å²) in [6.45, 7) is 2.50. The van der Waals surface area contributed by atoms with Crippen LogP contribution in [-0.2, 0) is 14.8 Å². The van der Waals surface area contributed by atoms with Crippen molar-refractivity contribution in [3.05, 3.63) is 60.3 Å². The van der Waals surface area contributed by atoms with Gasteiger partial charge in [-0.05, 0) is 43.5 Å². The molecule has 1 fully saturated rings. The van der Waals surface area contributed by atoms with Crippen LogP contribution in [0.3, 0.4) is 0 Å². The molecule has 4 rings (SSSR count). The van der Waals surface area contributed by atoms with Crippen LogP contribution in [0.5, 0.6) is 0 Å². The SMILES string of the molecule is C[C@H](NC(=O)C1CCN(S(=O)(=O)c2ccc(-c3ccn[nH]3)o2)CC1)c1ccccc1. The Labute approximate surface area is 175 Å². The van der Waals surface area contributed by atoms with Gasteiger partial charge in [0.2, 0.25) is 11.0 Å². The largest absolute Gasteiger partial charge is 0.442 e. The zero-order valence-electron chi connectivity index (χ0n) is 16.6. The lowest BCUT2D eigenvalue weighted by Crippen LogP contribution is -2.43. The van der Waals surface area contributed by atoms with Crippen molar-refractivity contribution < 1.29 is 17.6 Å². The van der Waals surface area contributed by atoms with Crippen molar-refractivity contribution in [1.82, 2.24) is 19.8 Å². The molecule has 158 valence electrons. The summed E-state index contributed by atoms with van der Waals surface area (Å²) in [5.41, 5.74) is 1.65. The molecule has 0 saturated carbocycles. The second-order valence-corrected chi connectivity index (χ2v) is 9.28. The van der Waals surface area contributed by atoms with Crippen molar-refractivity contribution in [3.63, 3.8) is 0 Å². The molecule has 9 heteroatoms. The number of amides is 1. The lowest BCUT2D eigenvalue weighted by Gasteiger charge is -2.30. The van der Waals surface area contributed by atoms with Gasteiger partial charge < -0.3 is 9.73 Å². The summed E-state index contributed by atoms with van der Waals surface area (Å²) in [6, 6.07) is 14.4. The number of aromatic nitrogens is 2. The van der Waals surface area contributed by atoms with Crippen molar-refractivity contribution >= 4 is 15.9 Å². The third-order valence-electron chi connectivity index (χ3n) is 5.42. The number of nitrogens with zero attached hydrogens (tertiary/aromatic N) is 2. The van der Waals surface area contributed by atoms with E-state index in [0.29, 0.717) is 24.3 Å². The second kappa shape index (κ2) is 8.45. The Kier molecular flexibility index (Phi) is 5.74. The number of benzene rings is 1. The number of aromatic amines is 1. The van der Waals surface area contributed by atoms with E-state index >= 15 is 0 Å². The number of rotatable bonds is 6. The molecule has 2 N–H and O–H groups in total. The van der Waals surface area contributed by atoms with Gasteiger partial charge in [-0.25, -0.2) is 8.42 Å². The maximum Gasteiger partial charge on any atom is 0.276 e. The number of carbonyl (C=O) groups is 1. The first-order valence-electron chi connectivity index (χ1n) is 9.90. The van der Waals surface area contributed by atoms with Gasteiger partial charge in [0.15, 0.2) is 5.76 Å². The minimum Gasteiger partial charge on any atom is -0.442 e. The third kappa shape index (κ3) is 4.17. The molecule has 8 nitrogen and oxygen atoms in total. The van der Waals surface area contributed by atoms with Gasteiger partial charge in [0.05, 0.1) is 6.04 Å². The predicted octanol–water partition coefficient (Wildman–Crippen LogP) is 2.95. The average Bonchev–Trinajstić information content (AvgIpc) is 3.46. The van der Waals surface area contributed by atoms with E-state index in [2.05, 4.69) is 15.5 Å². The number of hydrogen-bond donors (Lipinski definition) is 2. The lowest BCUT2D eigenvalue weighted by molar-refractivity contribution is -0.126. The van der Waals surface area contributed by atoms with E-state index in [9.17, 15) is 13.2 Å². The molecule has 1 atom stereocenters. The van der Waals surface area contributed by atoms with Crippen LogP contribution in [0.25, 0.3) is 11.5 Å². The number of carbonyl (C=O) groups excluding carboxylic acids is 1. The van der Waals surface area contributed by atoms with Crippen LogP contribution in [0.15, 0.2) is 64.2 Å². The summed E-state index contributed by atoms with van der Waals surface area (Å²) < 4.78 is 32.8. The number of nitrogens with one attached hydrogen (secondary N) is 2. The predicted molar refractivity (Wildman–Crippen MR) is 111 cm³/mol. The van der Waals surface area contributed by atoms with Gasteiger partial charge in [-0.1, -0.05) is 30.3 Å². The Morgan fingerprint density at radius 1 is 1.17 bits per heavy atom. The van der Waals surface area contributed by atoms with Crippen molar-refractivity contribution in [1.29, 1.82) is 0 Å². The van der Waals surface area contributed by atoms with Crippen LogP contribution in [0.4, 0.5) is 0 Å². The second-order valence-electron chi connectivity index (χ2n) is 7.41. The summed E-state index contributed by atoms with van der Waals surface area (Å²) in [7, 11) is -3.75. The number of furan rings is 1. The zero-order valence-corrected chi connectivity index (χ0v) is 17.4. The molecule has 3 heterocycles. The molecule has 0 aliphatic carbocycles. The van der Waals surface area contributed by atoms with E-state index in [1.807, 2.05) is 37.3 Å².